The molecular formula is C15H20Cl2N2O. The van der Waals surface area contributed by atoms with Gasteiger partial charge in [0.15, 0.2) is 0 Å². The molecule has 1 atom stereocenters. The van der Waals surface area contributed by atoms with Crippen LogP contribution in [0.2, 0.25) is 10.0 Å². The van der Waals surface area contributed by atoms with Crippen LogP contribution in [0.15, 0.2) is 18.2 Å². The van der Waals surface area contributed by atoms with E-state index >= 15 is 0 Å². The summed E-state index contributed by atoms with van der Waals surface area (Å²) in [5.74, 6) is 0.101. The van der Waals surface area contributed by atoms with Crippen LogP contribution in [0.25, 0.3) is 0 Å². The van der Waals surface area contributed by atoms with Gasteiger partial charge < -0.3 is 10.6 Å². The van der Waals surface area contributed by atoms with Gasteiger partial charge in [0.1, 0.15) is 0 Å². The molecule has 0 heterocycles. The van der Waals surface area contributed by atoms with Gasteiger partial charge in [-0.05, 0) is 30.9 Å². The quantitative estimate of drug-likeness (QED) is 0.904. The monoisotopic (exact) mass is 314 g/mol. The lowest BCUT2D eigenvalue weighted by atomic mass is 10.0. The lowest BCUT2D eigenvalue weighted by Crippen LogP contribution is -2.47. The molecular weight excluding hydrogens is 295 g/mol. The van der Waals surface area contributed by atoms with E-state index in [9.17, 15) is 4.79 Å². The second-order valence-electron chi connectivity index (χ2n) is 5.67. The topological polar surface area (TPSA) is 46.3 Å². The van der Waals surface area contributed by atoms with Crippen LogP contribution < -0.4 is 5.73 Å². The van der Waals surface area contributed by atoms with Gasteiger partial charge in [-0.2, -0.15) is 0 Å². The van der Waals surface area contributed by atoms with Crippen molar-refractivity contribution in [2.45, 2.75) is 45.3 Å². The summed E-state index contributed by atoms with van der Waals surface area (Å²) in [6.45, 7) is 4.34. The van der Waals surface area contributed by atoms with Gasteiger partial charge in [0.2, 0.25) is 5.91 Å². The number of nitrogens with zero attached hydrogens (tertiary/aromatic N) is 1. The summed E-state index contributed by atoms with van der Waals surface area (Å²) in [5.41, 5.74) is 6.80. The van der Waals surface area contributed by atoms with Gasteiger partial charge in [-0.1, -0.05) is 43.1 Å². The van der Waals surface area contributed by atoms with Crippen molar-refractivity contribution in [2.75, 3.05) is 0 Å². The molecule has 5 heteroatoms. The molecule has 1 unspecified atom stereocenters. The number of amides is 1. The maximum Gasteiger partial charge on any atom is 0.240 e. The van der Waals surface area contributed by atoms with Crippen molar-refractivity contribution >= 4 is 29.1 Å². The van der Waals surface area contributed by atoms with E-state index in [-0.39, 0.29) is 17.9 Å². The Balaban J connectivity index is 2.20. The van der Waals surface area contributed by atoms with E-state index in [1.165, 1.54) is 0 Å². The molecule has 0 spiro atoms. The summed E-state index contributed by atoms with van der Waals surface area (Å²) in [4.78, 5) is 14.3. The summed E-state index contributed by atoms with van der Waals surface area (Å²) in [6, 6.07) is 5.19. The van der Waals surface area contributed by atoms with Crippen LogP contribution in [-0.2, 0) is 11.3 Å². The molecule has 0 radical (unpaired) electrons. The predicted molar refractivity (Wildman–Crippen MR) is 82.8 cm³/mol. The summed E-state index contributed by atoms with van der Waals surface area (Å²) < 4.78 is 0. The van der Waals surface area contributed by atoms with Crippen molar-refractivity contribution in [3.05, 3.63) is 33.8 Å². The number of hydrogen-bond donors (Lipinski definition) is 1. The lowest BCUT2D eigenvalue weighted by molar-refractivity contribution is -0.134. The van der Waals surface area contributed by atoms with Crippen LogP contribution in [0.3, 0.4) is 0 Å². The van der Waals surface area contributed by atoms with Gasteiger partial charge in [0.05, 0.1) is 6.04 Å². The van der Waals surface area contributed by atoms with Gasteiger partial charge in [-0.15, -0.1) is 0 Å². The smallest absolute Gasteiger partial charge is 0.240 e. The van der Waals surface area contributed by atoms with Crippen molar-refractivity contribution in [2.24, 2.45) is 11.7 Å². The Morgan fingerprint density at radius 1 is 1.35 bits per heavy atom. The Kier molecular flexibility index (Phi) is 4.95. The van der Waals surface area contributed by atoms with Crippen molar-refractivity contribution in [3.8, 4) is 0 Å². The number of halogens is 2. The maximum absolute atomic E-state index is 12.5. The third-order valence-electron chi connectivity index (χ3n) is 3.66. The molecule has 1 aromatic rings. The zero-order valence-electron chi connectivity index (χ0n) is 11.8. The molecule has 20 heavy (non-hydrogen) atoms. The Morgan fingerprint density at radius 3 is 2.35 bits per heavy atom. The number of hydrogen-bond acceptors (Lipinski definition) is 2. The van der Waals surface area contributed by atoms with Crippen molar-refractivity contribution in [3.63, 3.8) is 0 Å². The summed E-state index contributed by atoms with van der Waals surface area (Å²) in [6.07, 6.45) is 2.05. The highest BCUT2D eigenvalue weighted by atomic mass is 35.5. The van der Waals surface area contributed by atoms with Gasteiger partial charge in [0.25, 0.3) is 0 Å². The summed E-state index contributed by atoms with van der Waals surface area (Å²) in [5, 5.41) is 1.18. The van der Waals surface area contributed by atoms with Gasteiger partial charge in [-0.3, -0.25) is 4.79 Å². The average molecular weight is 315 g/mol. The fourth-order valence-electron chi connectivity index (χ4n) is 2.10. The van der Waals surface area contributed by atoms with Crippen molar-refractivity contribution in [1.82, 2.24) is 4.90 Å². The zero-order chi connectivity index (χ0) is 14.9. The van der Waals surface area contributed by atoms with E-state index in [2.05, 4.69) is 0 Å². The highest BCUT2D eigenvalue weighted by molar-refractivity contribution is 6.36. The Hall–Kier alpha value is -0.770. The molecule has 3 nitrogen and oxygen atoms in total. The molecule has 1 saturated carbocycles. The molecule has 1 aliphatic carbocycles. The highest BCUT2D eigenvalue weighted by Crippen LogP contribution is 2.33. The van der Waals surface area contributed by atoms with E-state index in [0.717, 1.165) is 18.4 Å². The van der Waals surface area contributed by atoms with Gasteiger partial charge in [0, 0.05) is 28.2 Å². The first kappa shape index (κ1) is 15.6. The molecule has 1 fully saturated rings. The standard InChI is InChI=1S/C15H20Cl2N2O/c1-9(2)14(18)15(20)19(10-6-7-10)8-11-12(16)4-3-5-13(11)17/h3-5,9-10,14H,6-8,18H2,1-2H3. The molecule has 0 aromatic heterocycles. The first-order valence-electron chi connectivity index (χ1n) is 6.90. The minimum atomic E-state index is -0.475. The molecule has 2 N–H and O–H groups in total. The zero-order valence-corrected chi connectivity index (χ0v) is 13.3. The predicted octanol–water partition coefficient (Wildman–Crippen LogP) is 3.47. The molecule has 110 valence electrons. The molecule has 1 aromatic carbocycles. The van der Waals surface area contributed by atoms with E-state index in [1.807, 2.05) is 18.7 Å². The molecule has 2 rings (SSSR count). The van der Waals surface area contributed by atoms with Gasteiger partial charge in [-0.25, -0.2) is 0 Å². The number of carbonyl (C=O) groups is 1. The Bertz CT molecular complexity index is 480. The minimum Gasteiger partial charge on any atom is -0.334 e. The summed E-state index contributed by atoms with van der Waals surface area (Å²) >= 11 is 12.4. The minimum absolute atomic E-state index is 0.0153. The van der Waals surface area contributed by atoms with Crippen LogP contribution in [0.5, 0.6) is 0 Å². The van der Waals surface area contributed by atoms with Crippen molar-refractivity contribution < 1.29 is 4.79 Å². The number of carbonyl (C=O) groups excluding carboxylic acids is 1. The SMILES string of the molecule is CC(C)C(N)C(=O)N(Cc1c(Cl)cccc1Cl)C1CC1. The number of rotatable bonds is 5. The van der Waals surface area contributed by atoms with E-state index < -0.39 is 6.04 Å². The molecule has 1 amide bonds. The number of benzene rings is 1. The molecule has 0 aliphatic heterocycles. The molecule has 1 aliphatic rings. The fourth-order valence-corrected chi connectivity index (χ4v) is 2.62. The van der Waals surface area contributed by atoms with Gasteiger partial charge >= 0.3 is 0 Å². The summed E-state index contributed by atoms with van der Waals surface area (Å²) in [7, 11) is 0. The first-order valence-corrected chi connectivity index (χ1v) is 7.66. The normalized spacial score (nSPS) is 16.3. The van der Waals surface area contributed by atoms with Crippen LogP contribution in [-0.4, -0.2) is 22.9 Å². The highest BCUT2D eigenvalue weighted by Gasteiger charge is 2.36. The second kappa shape index (κ2) is 6.33. The van der Waals surface area contributed by atoms with Crippen LogP contribution in [0.4, 0.5) is 0 Å². The third kappa shape index (κ3) is 3.46. The van der Waals surface area contributed by atoms with Crippen LogP contribution >= 0.6 is 23.2 Å². The van der Waals surface area contributed by atoms with E-state index in [0.29, 0.717) is 16.6 Å². The van der Waals surface area contributed by atoms with Crippen LogP contribution in [0, 0.1) is 5.92 Å². The Morgan fingerprint density at radius 2 is 1.90 bits per heavy atom. The maximum atomic E-state index is 12.5. The largest absolute Gasteiger partial charge is 0.334 e. The molecule has 0 bridgehead atoms. The lowest BCUT2D eigenvalue weighted by Gasteiger charge is -2.28. The van der Waals surface area contributed by atoms with Crippen molar-refractivity contribution in [1.29, 1.82) is 0 Å². The Labute approximate surface area is 130 Å². The molecule has 0 saturated heterocycles. The van der Waals surface area contributed by atoms with E-state index in [1.54, 1.807) is 18.2 Å². The second-order valence-corrected chi connectivity index (χ2v) is 6.48. The third-order valence-corrected chi connectivity index (χ3v) is 4.37. The van der Waals surface area contributed by atoms with E-state index in [4.69, 9.17) is 28.9 Å². The van der Waals surface area contributed by atoms with Crippen LogP contribution in [0.1, 0.15) is 32.3 Å². The fraction of sp³-hybridized carbons (Fsp3) is 0.533. The number of nitrogens with two attached hydrogens (primary N) is 1. The first-order chi connectivity index (χ1) is 9.41. The average Bonchev–Trinajstić information content (AvgIpc) is 3.21.